The number of rotatable bonds is 4. The van der Waals surface area contributed by atoms with Gasteiger partial charge in [0.1, 0.15) is 11.6 Å². The molecule has 100 valence electrons. The Balaban J connectivity index is 2.08. The molecule has 0 unspecified atom stereocenters. The molecule has 0 atom stereocenters. The lowest BCUT2D eigenvalue weighted by molar-refractivity contribution is 0.142. The van der Waals surface area contributed by atoms with Gasteiger partial charge in [-0.1, -0.05) is 36.0 Å². The quantitative estimate of drug-likeness (QED) is 0.797. The molecule has 4 nitrogen and oxygen atoms in total. The number of halogens is 2. The lowest BCUT2D eigenvalue weighted by Crippen LogP contribution is -2.30. The summed E-state index contributed by atoms with van der Waals surface area (Å²) in [7, 11) is 0. The van der Waals surface area contributed by atoms with Crippen molar-refractivity contribution in [2.45, 2.75) is 25.7 Å². The molecular weight excluding hydrogens is 273 g/mol. The van der Waals surface area contributed by atoms with Crippen LogP contribution >= 0.6 is 23.2 Å². The molecule has 4 N–H and O–H groups in total. The standard InChI is InChI=1S/C12H17Cl2N3O/c13-8-5-9(14)11(17-10(8)15)16-6-12(7-18)3-1-2-4-12/h5,18H,1-4,6-7H2,(H3,15,16,17). The van der Waals surface area contributed by atoms with Gasteiger partial charge in [0.05, 0.1) is 16.7 Å². The molecule has 6 heteroatoms. The molecule has 0 aromatic carbocycles. The Morgan fingerprint density at radius 3 is 2.61 bits per heavy atom. The first-order chi connectivity index (χ1) is 8.56. The molecule has 0 aliphatic heterocycles. The zero-order valence-corrected chi connectivity index (χ0v) is 11.6. The van der Waals surface area contributed by atoms with Crippen LogP contribution in [0.1, 0.15) is 25.7 Å². The van der Waals surface area contributed by atoms with Gasteiger partial charge in [-0.2, -0.15) is 0 Å². The summed E-state index contributed by atoms with van der Waals surface area (Å²) < 4.78 is 0. The van der Waals surface area contributed by atoms with Crippen LogP contribution in [0.5, 0.6) is 0 Å². The summed E-state index contributed by atoms with van der Waals surface area (Å²) in [6.07, 6.45) is 4.37. The minimum Gasteiger partial charge on any atom is -0.396 e. The normalized spacial score (nSPS) is 17.9. The Labute approximate surface area is 116 Å². The molecule has 1 aliphatic carbocycles. The number of hydrogen-bond acceptors (Lipinski definition) is 4. The van der Waals surface area contributed by atoms with Gasteiger partial charge in [-0.25, -0.2) is 4.98 Å². The van der Waals surface area contributed by atoms with Gasteiger partial charge in [0, 0.05) is 12.0 Å². The van der Waals surface area contributed by atoms with Gasteiger partial charge in [-0.3, -0.25) is 0 Å². The first-order valence-corrected chi connectivity index (χ1v) is 6.78. The summed E-state index contributed by atoms with van der Waals surface area (Å²) >= 11 is 11.9. The first kappa shape index (κ1) is 13.7. The van der Waals surface area contributed by atoms with Gasteiger partial charge in [0.25, 0.3) is 0 Å². The van der Waals surface area contributed by atoms with Crippen molar-refractivity contribution in [1.29, 1.82) is 0 Å². The van der Waals surface area contributed by atoms with Crippen LogP contribution in [-0.2, 0) is 0 Å². The van der Waals surface area contributed by atoms with E-state index in [0.717, 1.165) is 25.7 Å². The van der Waals surface area contributed by atoms with Crippen LogP contribution < -0.4 is 11.1 Å². The van der Waals surface area contributed by atoms with E-state index in [-0.39, 0.29) is 17.8 Å². The molecule has 0 radical (unpaired) electrons. The second-order valence-corrected chi connectivity index (χ2v) is 5.72. The number of nitrogens with one attached hydrogen (secondary N) is 1. The van der Waals surface area contributed by atoms with Crippen LogP contribution in [0.2, 0.25) is 10.0 Å². The SMILES string of the molecule is Nc1nc(NCC2(CO)CCCC2)c(Cl)cc1Cl. The second-order valence-electron chi connectivity index (χ2n) is 4.90. The maximum absolute atomic E-state index is 9.52. The molecule has 0 spiro atoms. The molecule has 1 aromatic rings. The van der Waals surface area contributed by atoms with E-state index < -0.39 is 0 Å². The van der Waals surface area contributed by atoms with Crippen LogP contribution in [0.15, 0.2) is 6.07 Å². The fourth-order valence-corrected chi connectivity index (χ4v) is 2.82. The van der Waals surface area contributed by atoms with E-state index >= 15 is 0 Å². The van der Waals surface area contributed by atoms with Crippen molar-refractivity contribution in [1.82, 2.24) is 4.98 Å². The smallest absolute Gasteiger partial charge is 0.147 e. The number of hydrogen-bond donors (Lipinski definition) is 3. The highest BCUT2D eigenvalue weighted by Crippen LogP contribution is 2.38. The Morgan fingerprint density at radius 1 is 1.33 bits per heavy atom. The highest BCUT2D eigenvalue weighted by molar-refractivity contribution is 6.37. The number of nitrogens with two attached hydrogens (primary N) is 1. The van der Waals surface area contributed by atoms with Gasteiger partial charge in [-0.05, 0) is 18.9 Å². The van der Waals surface area contributed by atoms with Crippen LogP contribution in [-0.4, -0.2) is 23.2 Å². The van der Waals surface area contributed by atoms with E-state index in [1.807, 2.05) is 0 Å². The van der Waals surface area contributed by atoms with E-state index in [1.54, 1.807) is 6.07 Å². The Kier molecular flexibility index (Phi) is 4.20. The Hall–Kier alpha value is -0.710. The highest BCUT2D eigenvalue weighted by atomic mass is 35.5. The van der Waals surface area contributed by atoms with Gasteiger partial charge in [-0.15, -0.1) is 0 Å². The topological polar surface area (TPSA) is 71.2 Å². The van der Waals surface area contributed by atoms with Crippen LogP contribution in [0, 0.1) is 5.41 Å². The third-order valence-corrected chi connectivity index (χ3v) is 4.18. The average molecular weight is 290 g/mol. The summed E-state index contributed by atoms with van der Waals surface area (Å²) in [4.78, 5) is 4.12. The zero-order chi connectivity index (χ0) is 13.2. The van der Waals surface area contributed by atoms with Crippen molar-refractivity contribution in [2.24, 2.45) is 5.41 Å². The van der Waals surface area contributed by atoms with Crippen LogP contribution in [0.25, 0.3) is 0 Å². The zero-order valence-electron chi connectivity index (χ0n) is 10.0. The van der Waals surface area contributed by atoms with E-state index in [4.69, 9.17) is 28.9 Å². The third-order valence-electron chi connectivity index (χ3n) is 3.59. The van der Waals surface area contributed by atoms with E-state index in [1.165, 1.54) is 0 Å². The Bertz CT molecular complexity index is 434. The van der Waals surface area contributed by atoms with Gasteiger partial charge in [0.2, 0.25) is 0 Å². The number of nitrogens with zero attached hydrogens (tertiary/aromatic N) is 1. The van der Waals surface area contributed by atoms with E-state index in [0.29, 0.717) is 22.4 Å². The molecule has 1 saturated carbocycles. The molecule has 1 aliphatic rings. The number of aliphatic hydroxyl groups excluding tert-OH is 1. The number of aromatic nitrogens is 1. The minimum absolute atomic E-state index is 0.0561. The molecule has 0 bridgehead atoms. The summed E-state index contributed by atoms with van der Waals surface area (Å²) in [5.41, 5.74) is 5.59. The maximum Gasteiger partial charge on any atom is 0.147 e. The van der Waals surface area contributed by atoms with Crippen LogP contribution in [0.4, 0.5) is 11.6 Å². The number of pyridine rings is 1. The van der Waals surface area contributed by atoms with Crippen molar-refractivity contribution in [3.63, 3.8) is 0 Å². The minimum atomic E-state index is -0.0561. The van der Waals surface area contributed by atoms with E-state index in [2.05, 4.69) is 10.3 Å². The molecule has 0 amide bonds. The fraction of sp³-hybridized carbons (Fsp3) is 0.583. The highest BCUT2D eigenvalue weighted by Gasteiger charge is 2.33. The molecule has 0 saturated heterocycles. The van der Waals surface area contributed by atoms with Gasteiger partial charge < -0.3 is 16.2 Å². The number of nitrogen functional groups attached to an aromatic ring is 1. The third kappa shape index (κ3) is 2.82. The molecule has 1 heterocycles. The van der Waals surface area contributed by atoms with Gasteiger partial charge >= 0.3 is 0 Å². The lowest BCUT2D eigenvalue weighted by Gasteiger charge is -2.27. The predicted octanol–water partition coefficient (Wildman–Crippen LogP) is 2.94. The van der Waals surface area contributed by atoms with Crippen molar-refractivity contribution >= 4 is 34.8 Å². The van der Waals surface area contributed by atoms with Crippen LogP contribution in [0.3, 0.4) is 0 Å². The van der Waals surface area contributed by atoms with Crippen molar-refractivity contribution in [3.8, 4) is 0 Å². The number of aliphatic hydroxyl groups is 1. The average Bonchev–Trinajstić information content (AvgIpc) is 2.82. The van der Waals surface area contributed by atoms with Gasteiger partial charge in [0.15, 0.2) is 0 Å². The largest absolute Gasteiger partial charge is 0.396 e. The molecule has 1 aromatic heterocycles. The second kappa shape index (κ2) is 5.51. The summed E-state index contributed by atoms with van der Waals surface area (Å²) in [5.74, 6) is 0.784. The molecule has 1 fully saturated rings. The number of anilines is 2. The Morgan fingerprint density at radius 2 is 2.00 bits per heavy atom. The fourth-order valence-electron chi connectivity index (χ4n) is 2.39. The first-order valence-electron chi connectivity index (χ1n) is 6.03. The lowest BCUT2D eigenvalue weighted by atomic mass is 9.87. The molecular formula is C12H17Cl2N3O. The monoisotopic (exact) mass is 289 g/mol. The maximum atomic E-state index is 9.52. The van der Waals surface area contributed by atoms with Crippen molar-refractivity contribution in [3.05, 3.63) is 16.1 Å². The van der Waals surface area contributed by atoms with Crippen molar-refractivity contribution in [2.75, 3.05) is 24.2 Å². The summed E-state index contributed by atoms with van der Waals surface area (Å²) in [6.45, 7) is 0.831. The van der Waals surface area contributed by atoms with E-state index in [9.17, 15) is 5.11 Å². The van der Waals surface area contributed by atoms with Crippen molar-refractivity contribution < 1.29 is 5.11 Å². The molecule has 18 heavy (non-hydrogen) atoms. The predicted molar refractivity (Wildman–Crippen MR) is 75.1 cm³/mol. The molecule has 2 rings (SSSR count). The summed E-state index contributed by atoms with van der Waals surface area (Å²) in [5, 5.41) is 13.5. The summed E-state index contributed by atoms with van der Waals surface area (Å²) in [6, 6.07) is 1.58.